The standard InChI is InChI=1S/C20H19N3O3/c24-19-20(14-9-4-5-10-15(14)21-19)18(23(25)26)17(13-7-2-1-3-8-13)16-11-6-12-22(16)20/h1-5,7-10,16-18H,6,11-12H2,(H,21,24)/t16-,17+,18-,20+/m1/s1. The van der Waals surface area contributed by atoms with E-state index in [0.29, 0.717) is 12.2 Å². The van der Waals surface area contributed by atoms with Crippen LogP contribution in [-0.2, 0) is 10.3 Å². The zero-order valence-corrected chi connectivity index (χ0v) is 14.2. The van der Waals surface area contributed by atoms with Crippen LogP contribution in [0.1, 0.15) is 29.9 Å². The minimum absolute atomic E-state index is 0.00436. The average Bonchev–Trinajstić information content (AvgIpc) is 3.29. The molecule has 0 bridgehead atoms. The first-order chi connectivity index (χ1) is 12.7. The molecule has 2 aromatic rings. The number of nitrogens with one attached hydrogen (secondary N) is 1. The van der Waals surface area contributed by atoms with E-state index in [1.54, 1.807) is 0 Å². The van der Waals surface area contributed by atoms with E-state index in [1.165, 1.54) is 0 Å². The van der Waals surface area contributed by atoms with Crippen molar-refractivity contribution in [3.8, 4) is 0 Å². The van der Waals surface area contributed by atoms with Crippen molar-refractivity contribution in [2.45, 2.75) is 36.4 Å². The second-order valence-corrected chi connectivity index (χ2v) is 7.34. The van der Waals surface area contributed by atoms with Crippen LogP contribution in [-0.4, -0.2) is 34.4 Å². The highest BCUT2D eigenvalue weighted by Gasteiger charge is 2.73. The monoisotopic (exact) mass is 349 g/mol. The van der Waals surface area contributed by atoms with Crippen LogP contribution < -0.4 is 5.32 Å². The number of hydrogen-bond donors (Lipinski definition) is 1. The van der Waals surface area contributed by atoms with E-state index in [4.69, 9.17) is 0 Å². The van der Waals surface area contributed by atoms with E-state index in [-0.39, 0.29) is 22.8 Å². The number of anilines is 1. The van der Waals surface area contributed by atoms with Gasteiger partial charge in [-0.1, -0.05) is 48.5 Å². The number of benzene rings is 2. The summed E-state index contributed by atoms with van der Waals surface area (Å²) in [5.74, 6) is -0.559. The third-order valence-electron chi connectivity index (χ3n) is 6.28. The zero-order valence-electron chi connectivity index (χ0n) is 14.2. The van der Waals surface area contributed by atoms with Gasteiger partial charge in [0.05, 0.1) is 5.92 Å². The van der Waals surface area contributed by atoms with Gasteiger partial charge in [-0.05, 0) is 24.5 Å². The first-order valence-electron chi connectivity index (χ1n) is 9.02. The van der Waals surface area contributed by atoms with Gasteiger partial charge in [0.2, 0.25) is 0 Å². The molecule has 4 atom stereocenters. The molecule has 5 rings (SSSR count). The Morgan fingerprint density at radius 3 is 2.62 bits per heavy atom. The van der Waals surface area contributed by atoms with E-state index in [1.807, 2.05) is 54.6 Å². The van der Waals surface area contributed by atoms with Gasteiger partial charge in [0, 0.05) is 28.8 Å². The topological polar surface area (TPSA) is 75.5 Å². The molecule has 1 spiro atoms. The molecule has 6 heteroatoms. The molecule has 0 aliphatic carbocycles. The van der Waals surface area contributed by atoms with Crippen LogP contribution in [0.3, 0.4) is 0 Å². The Hall–Kier alpha value is -2.73. The van der Waals surface area contributed by atoms with Crippen molar-refractivity contribution < 1.29 is 9.72 Å². The molecule has 3 aliphatic heterocycles. The number of nitro groups is 1. The Balaban J connectivity index is 1.78. The number of para-hydroxylation sites is 1. The van der Waals surface area contributed by atoms with Crippen LogP contribution in [0.25, 0.3) is 0 Å². The van der Waals surface area contributed by atoms with Crippen LogP contribution in [0.5, 0.6) is 0 Å². The molecule has 132 valence electrons. The SMILES string of the molecule is O=C1Nc2ccccc2[C@]12[C@H]([N+](=O)[O-])[C@@H](c1ccccc1)[C@H]1CCCN12. The highest BCUT2D eigenvalue weighted by Crippen LogP contribution is 2.57. The number of amides is 1. The van der Waals surface area contributed by atoms with E-state index in [9.17, 15) is 14.9 Å². The maximum Gasteiger partial charge on any atom is 0.256 e. The van der Waals surface area contributed by atoms with E-state index >= 15 is 0 Å². The summed E-state index contributed by atoms with van der Waals surface area (Å²) in [5, 5.41) is 15.2. The van der Waals surface area contributed by atoms with Crippen molar-refractivity contribution in [2.24, 2.45) is 0 Å². The lowest BCUT2D eigenvalue weighted by molar-refractivity contribution is -0.534. The molecule has 0 saturated carbocycles. The summed E-state index contributed by atoms with van der Waals surface area (Å²) in [7, 11) is 0. The first kappa shape index (κ1) is 15.5. The Morgan fingerprint density at radius 1 is 1.12 bits per heavy atom. The van der Waals surface area contributed by atoms with Gasteiger partial charge in [-0.25, -0.2) is 0 Å². The quantitative estimate of drug-likeness (QED) is 0.668. The Morgan fingerprint density at radius 2 is 1.85 bits per heavy atom. The minimum Gasteiger partial charge on any atom is -0.324 e. The smallest absolute Gasteiger partial charge is 0.256 e. The van der Waals surface area contributed by atoms with Gasteiger partial charge >= 0.3 is 0 Å². The Bertz CT molecular complexity index is 900. The van der Waals surface area contributed by atoms with Crippen LogP contribution >= 0.6 is 0 Å². The van der Waals surface area contributed by atoms with Crippen molar-refractivity contribution in [3.05, 3.63) is 75.8 Å². The summed E-state index contributed by atoms with van der Waals surface area (Å²) in [6.45, 7) is 0.708. The van der Waals surface area contributed by atoms with E-state index < -0.39 is 11.6 Å². The van der Waals surface area contributed by atoms with Gasteiger partial charge in [-0.3, -0.25) is 19.8 Å². The number of rotatable bonds is 2. The molecule has 26 heavy (non-hydrogen) atoms. The molecule has 0 unspecified atom stereocenters. The third-order valence-corrected chi connectivity index (χ3v) is 6.28. The number of nitrogens with zero attached hydrogens (tertiary/aromatic N) is 2. The van der Waals surface area contributed by atoms with Crippen LogP contribution in [0.2, 0.25) is 0 Å². The second kappa shape index (κ2) is 5.38. The second-order valence-electron chi connectivity index (χ2n) is 7.34. The van der Waals surface area contributed by atoms with Crippen LogP contribution in [0.15, 0.2) is 54.6 Å². The Kier molecular flexibility index (Phi) is 3.21. The van der Waals surface area contributed by atoms with Crippen molar-refractivity contribution >= 4 is 11.6 Å². The maximum absolute atomic E-state index is 13.2. The van der Waals surface area contributed by atoms with E-state index in [2.05, 4.69) is 10.2 Å². The largest absolute Gasteiger partial charge is 0.324 e. The zero-order chi connectivity index (χ0) is 17.9. The summed E-state index contributed by atoms with van der Waals surface area (Å²) in [4.78, 5) is 27.5. The van der Waals surface area contributed by atoms with Gasteiger partial charge < -0.3 is 5.32 Å². The number of carbonyl (C=O) groups is 1. The molecule has 0 radical (unpaired) electrons. The van der Waals surface area contributed by atoms with Crippen molar-refractivity contribution in [2.75, 3.05) is 11.9 Å². The molecule has 2 saturated heterocycles. The number of hydrogen-bond acceptors (Lipinski definition) is 4. The van der Waals surface area contributed by atoms with Gasteiger partial charge in [0.1, 0.15) is 0 Å². The van der Waals surface area contributed by atoms with Crippen molar-refractivity contribution in [1.82, 2.24) is 4.90 Å². The molecule has 2 fully saturated rings. The third kappa shape index (κ3) is 1.77. The van der Waals surface area contributed by atoms with Gasteiger partial charge in [0.25, 0.3) is 11.9 Å². The van der Waals surface area contributed by atoms with Gasteiger partial charge in [0.15, 0.2) is 5.54 Å². The maximum atomic E-state index is 13.2. The van der Waals surface area contributed by atoms with Crippen LogP contribution in [0.4, 0.5) is 5.69 Å². The highest BCUT2D eigenvalue weighted by atomic mass is 16.6. The van der Waals surface area contributed by atoms with Crippen molar-refractivity contribution in [3.63, 3.8) is 0 Å². The fourth-order valence-electron chi connectivity index (χ4n) is 5.45. The predicted molar refractivity (Wildman–Crippen MR) is 96.4 cm³/mol. The number of fused-ring (bicyclic) bond motifs is 4. The summed E-state index contributed by atoms with van der Waals surface area (Å²) in [6, 6.07) is 16.1. The fraction of sp³-hybridized carbons (Fsp3) is 0.350. The minimum atomic E-state index is -1.22. The highest BCUT2D eigenvalue weighted by molar-refractivity contribution is 6.07. The molecule has 2 aromatic carbocycles. The predicted octanol–water partition coefficient (Wildman–Crippen LogP) is 2.74. The molecular formula is C20H19N3O3. The molecular weight excluding hydrogens is 330 g/mol. The summed E-state index contributed by atoms with van der Waals surface area (Å²) >= 11 is 0. The Labute approximate surface area is 151 Å². The molecule has 1 amide bonds. The molecule has 3 aliphatic rings. The van der Waals surface area contributed by atoms with E-state index in [0.717, 1.165) is 24.0 Å². The van der Waals surface area contributed by atoms with Crippen molar-refractivity contribution in [1.29, 1.82) is 0 Å². The van der Waals surface area contributed by atoms with Gasteiger partial charge in [-0.2, -0.15) is 0 Å². The molecule has 1 N–H and O–H groups in total. The normalized spacial score (nSPS) is 32.5. The molecule has 0 aromatic heterocycles. The lowest BCUT2D eigenvalue weighted by Gasteiger charge is -2.32. The molecule has 6 nitrogen and oxygen atoms in total. The average molecular weight is 349 g/mol. The lowest BCUT2D eigenvalue weighted by Crippen LogP contribution is -2.55. The lowest BCUT2D eigenvalue weighted by atomic mass is 9.77. The summed E-state index contributed by atoms with van der Waals surface area (Å²) in [5.41, 5.74) is 1.17. The summed E-state index contributed by atoms with van der Waals surface area (Å²) in [6.07, 6.45) is 1.83. The fourth-order valence-corrected chi connectivity index (χ4v) is 5.45. The number of carbonyl (C=O) groups excluding carboxylic acids is 1. The first-order valence-corrected chi connectivity index (χ1v) is 9.02. The van der Waals surface area contributed by atoms with Crippen LogP contribution in [0, 0.1) is 10.1 Å². The molecule has 3 heterocycles. The van der Waals surface area contributed by atoms with Gasteiger partial charge in [-0.15, -0.1) is 0 Å². The summed E-state index contributed by atoms with van der Waals surface area (Å²) < 4.78 is 0.